The number of nitrogens with zero attached hydrogens (tertiary/aromatic N) is 2. The highest BCUT2D eigenvalue weighted by Gasteiger charge is 2.43. The third-order valence-electron chi connectivity index (χ3n) is 4.05. The SMILES string of the molecule is CC(C)c1ccc(OC(=O)O)c(C2=NC(C)(C(C)C)C(=O)N2)n1. The molecule has 0 saturated carbocycles. The number of ether oxygens (including phenoxy) is 1. The molecular weight excluding hydrogens is 298 g/mol. The summed E-state index contributed by atoms with van der Waals surface area (Å²) in [5.74, 6) is 0.179. The van der Waals surface area contributed by atoms with E-state index in [0.29, 0.717) is 0 Å². The van der Waals surface area contributed by atoms with Crippen LogP contribution in [0.5, 0.6) is 5.75 Å². The van der Waals surface area contributed by atoms with Gasteiger partial charge in [0.25, 0.3) is 5.91 Å². The zero-order valence-corrected chi connectivity index (χ0v) is 13.9. The lowest BCUT2D eigenvalue weighted by atomic mass is 9.89. The molecule has 1 unspecified atom stereocenters. The predicted octanol–water partition coefficient (Wildman–Crippen LogP) is 2.55. The highest BCUT2D eigenvalue weighted by Crippen LogP contribution is 2.29. The number of carboxylic acid groups (broad SMARTS) is 1. The van der Waals surface area contributed by atoms with E-state index in [1.165, 1.54) is 6.07 Å². The van der Waals surface area contributed by atoms with Crippen molar-refractivity contribution in [2.24, 2.45) is 10.9 Å². The summed E-state index contributed by atoms with van der Waals surface area (Å²) in [4.78, 5) is 32.0. The van der Waals surface area contributed by atoms with E-state index in [0.717, 1.165) is 5.69 Å². The quantitative estimate of drug-likeness (QED) is 0.831. The second-order valence-corrected chi connectivity index (χ2v) is 6.32. The number of pyridine rings is 1. The second kappa shape index (κ2) is 5.98. The number of nitrogens with one attached hydrogen (secondary N) is 1. The number of carbonyl (C=O) groups excluding carboxylic acids is 1. The fourth-order valence-corrected chi connectivity index (χ4v) is 2.18. The first-order valence-corrected chi connectivity index (χ1v) is 7.48. The molecule has 0 saturated heterocycles. The van der Waals surface area contributed by atoms with Gasteiger partial charge in [0.05, 0.1) is 0 Å². The number of amides is 1. The molecule has 1 atom stereocenters. The van der Waals surface area contributed by atoms with Crippen LogP contribution < -0.4 is 10.1 Å². The molecule has 7 heteroatoms. The minimum atomic E-state index is -1.44. The number of aliphatic imine (C=N–C) groups is 1. The number of aromatic nitrogens is 1. The van der Waals surface area contributed by atoms with Crippen molar-refractivity contribution in [3.63, 3.8) is 0 Å². The summed E-state index contributed by atoms with van der Waals surface area (Å²) in [6.45, 7) is 9.48. The predicted molar refractivity (Wildman–Crippen MR) is 84.9 cm³/mol. The molecule has 0 radical (unpaired) electrons. The van der Waals surface area contributed by atoms with Crippen molar-refractivity contribution in [3.8, 4) is 5.75 Å². The van der Waals surface area contributed by atoms with Crippen molar-refractivity contribution in [1.82, 2.24) is 10.3 Å². The van der Waals surface area contributed by atoms with Gasteiger partial charge in [-0.2, -0.15) is 0 Å². The van der Waals surface area contributed by atoms with Crippen LogP contribution in [0.1, 0.15) is 51.9 Å². The molecule has 2 heterocycles. The van der Waals surface area contributed by atoms with Gasteiger partial charge in [-0.05, 0) is 30.9 Å². The largest absolute Gasteiger partial charge is 0.511 e. The van der Waals surface area contributed by atoms with Crippen molar-refractivity contribution >= 4 is 17.9 Å². The Hall–Kier alpha value is -2.44. The summed E-state index contributed by atoms with van der Waals surface area (Å²) in [7, 11) is 0. The van der Waals surface area contributed by atoms with Gasteiger partial charge in [0, 0.05) is 5.69 Å². The Morgan fingerprint density at radius 2 is 1.96 bits per heavy atom. The normalized spacial score (nSPS) is 20.7. The first-order chi connectivity index (χ1) is 10.6. The van der Waals surface area contributed by atoms with E-state index in [2.05, 4.69) is 15.3 Å². The first kappa shape index (κ1) is 16.9. The van der Waals surface area contributed by atoms with E-state index in [1.54, 1.807) is 13.0 Å². The highest BCUT2D eigenvalue weighted by molar-refractivity contribution is 6.15. The number of rotatable bonds is 4. The monoisotopic (exact) mass is 319 g/mol. The molecule has 124 valence electrons. The molecular formula is C16H21N3O4. The van der Waals surface area contributed by atoms with E-state index in [9.17, 15) is 9.59 Å². The second-order valence-electron chi connectivity index (χ2n) is 6.32. The minimum absolute atomic E-state index is 0.0166. The van der Waals surface area contributed by atoms with Crippen molar-refractivity contribution in [2.75, 3.05) is 0 Å². The average Bonchev–Trinajstić information content (AvgIpc) is 2.75. The molecule has 0 bridgehead atoms. The Balaban J connectivity index is 2.54. The van der Waals surface area contributed by atoms with Gasteiger partial charge in [-0.1, -0.05) is 27.7 Å². The maximum absolute atomic E-state index is 12.3. The zero-order chi connectivity index (χ0) is 17.4. The molecule has 1 aliphatic rings. The fourth-order valence-electron chi connectivity index (χ4n) is 2.18. The molecule has 1 amide bonds. The van der Waals surface area contributed by atoms with Gasteiger partial charge < -0.3 is 15.2 Å². The van der Waals surface area contributed by atoms with E-state index in [4.69, 9.17) is 9.84 Å². The molecule has 1 aliphatic heterocycles. The van der Waals surface area contributed by atoms with E-state index in [1.807, 2.05) is 27.7 Å². The van der Waals surface area contributed by atoms with Crippen LogP contribution in [-0.2, 0) is 4.79 Å². The van der Waals surface area contributed by atoms with Crippen LogP contribution in [0, 0.1) is 5.92 Å². The van der Waals surface area contributed by atoms with Gasteiger partial charge in [0.2, 0.25) is 0 Å². The van der Waals surface area contributed by atoms with E-state index >= 15 is 0 Å². The Labute approximate surface area is 134 Å². The molecule has 2 rings (SSSR count). The fraction of sp³-hybridized carbons (Fsp3) is 0.500. The Morgan fingerprint density at radius 1 is 1.30 bits per heavy atom. The number of hydrogen-bond donors (Lipinski definition) is 2. The molecule has 0 aliphatic carbocycles. The Morgan fingerprint density at radius 3 is 2.43 bits per heavy atom. The van der Waals surface area contributed by atoms with Crippen LogP contribution in [0.2, 0.25) is 0 Å². The van der Waals surface area contributed by atoms with Crippen LogP contribution >= 0.6 is 0 Å². The van der Waals surface area contributed by atoms with Gasteiger partial charge in [-0.15, -0.1) is 0 Å². The Bertz CT molecular complexity index is 682. The standard InChI is InChI=1S/C16H21N3O4/c1-8(2)10-6-7-11(23-15(21)22)12(17-10)13-18-14(20)16(5,19-13)9(3)4/h6-9H,1-5H3,(H,21,22)(H,18,19,20). The van der Waals surface area contributed by atoms with Gasteiger partial charge in [0.1, 0.15) is 11.2 Å². The summed E-state index contributed by atoms with van der Waals surface area (Å²) >= 11 is 0. The lowest BCUT2D eigenvalue weighted by Gasteiger charge is -2.21. The van der Waals surface area contributed by atoms with Gasteiger partial charge in [-0.25, -0.2) is 14.8 Å². The molecule has 1 aromatic heterocycles. The van der Waals surface area contributed by atoms with Gasteiger partial charge >= 0.3 is 6.16 Å². The van der Waals surface area contributed by atoms with Crippen LogP contribution in [-0.4, -0.2) is 33.5 Å². The molecule has 0 fully saturated rings. The lowest BCUT2D eigenvalue weighted by Crippen LogP contribution is -2.41. The van der Waals surface area contributed by atoms with E-state index < -0.39 is 11.7 Å². The van der Waals surface area contributed by atoms with Crippen molar-refractivity contribution in [1.29, 1.82) is 0 Å². The summed E-state index contributed by atoms with van der Waals surface area (Å²) in [5, 5.41) is 11.6. The summed E-state index contributed by atoms with van der Waals surface area (Å²) in [6.07, 6.45) is -1.44. The number of hydrogen-bond acceptors (Lipinski definition) is 5. The number of carbonyl (C=O) groups is 2. The topological polar surface area (TPSA) is 101 Å². The summed E-state index contributed by atoms with van der Waals surface area (Å²) in [6, 6.07) is 3.23. The van der Waals surface area contributed by atoms with Crippen LogP contribution in [0.3, 0.4) is 0 Å². The van der Waals surface area contributed by atoms with Crippen molar-refractivity contribution in [3.05, 3.63) is 23.5 Å². The first-order valence-electron chi connectivity index (χ1n) is 7.48. The Kier molecular flexibility index (Phi) is 4.40. The van der Waals surface area contributed by atoms with E-state index in [-0.39, 0.29) is 35.0 Å². The third kappa shape index (κ3) is 3.18. The molecule has 7 nitrogen and oxygen atoms in total. The molecule has 2 N–H and O–H groups in total. The maximum Gasteiger partial charge on any atom is 0.511 e. The van der Waals surface area contributed by atoms with Crippen LogP contribution in [0.25, 0.3) is 0 Å². The summed E-state index contributed by atoms with van der Waals surface area (Å²) in [5.41, 5.74) is 0.0786. The van der Waals surface area contributed by atoms with Crippen molar-refractivity contribution < 1.29 is 19.4 Å². The lowest BCUT2D eigenvalue weighted by molar-refractivity contribution is -0.124. The van der Waals surface area contributed by atoms with Crippen LogP contribution in [0.15, 0.2) is 17.1 Å². The summed E-state index contributed by atoms with van der Waals surface area (Å²) < 4.78 is 4.78. The van der Waals surface area contributed by atoms with Crippen LogP contribution in [0.4, 0.5) is 4.79 Å². The average molecular weight is 319 g/mol. The zero-order valence-electron chi connectivity index (χ0n) is 13.9. The molecule has 0 spiro atoms. The smallest absolute Gasteiger partial charge is 0.449 e. The molecule has 1 aromatic rings. The maximum atomic E-state index is 12.3. The minimum Gasteiger partial charge on any atom is -0.449 e. The third-order valence-corrected chi connectivity index (χ3v) is 4.05. The number of amidine groups is 1. The molecule has 23 heavy (non-hydrogen) atoms. The highest BCUT2D eigenvalue weighted by atomic mass is 16.7. The van der Waals surface area contributed by atoms with Gasteiger partial charge in [0.15, 0.2) is 11.6 Å². The van der Waals surface area contributed by atoms with Gasteiger partial charge in [-0.3, -0.25) is 4.79 Å². The van der Waals surface area contributed by atoms with Crippen molar-refractivity contribution in [2.45, 2.75) is 46.1 Å². The molecule has 0 aromatic carbocycles.